The molecule has 0 radical (unpaired) electrons. The van der Waals surface area contributed by atoms with Gasteiger partial charge in [-0.3, -0.25) is 4.79 Å². The highest BCUT2D eigenvalue weighted by molar-refractivity contribution is 5.86. The molecule has 2 aromatic carbocycles. The first kappa shape index (κ1) is 17.4. The standard InChI is InChI=1S/C21H22N2O4/c1-13(2)21(14-7-8-18-19(11-14)26-10-9-25-18)22-20(24)12-16-15-5-3-4-6-17(15)27-23-16/h3-8,11,13,21H,9-10,12H2,1-2H3,(H,22,24)/t21-/m1/s1. The lowest BCUT2D eigenvalue weighted by Gasteiger charge is -2.25. The fourth-order valence-electron chi connectivity index (χ4n) is 3.33. The van der Waals surface area contributed by atoms with Crippen molar-refractivity contribution in [1.29, 1.82) is 0 Å². The zero-order chi connectivity index (χ0) is 18.8. The van der Waals surface area contributed by atoms with Crippen LogP contribution in [0, 0.1) is 5.92 Å². The van der Waals surface area contributed by atoms with Gasteiger partial charge in [-0.2, -0.15) is 0 Å². The Morgan fingerprint density at radius 1 is 1.11 bits per heavy atom. The lowest BCUT2D eigenvalue weighted by molar-refractivity contribution is -0.121. The Morgan fingerprint density at radius 2 is 1.89 bits per heavy atom. The second-order valence-electron chi connectivity index (χ2n) is 6.99. The van der Waals surface area contributed by atoms with Crippen LogP contribution in [0.2, 0.25) is 0 Å². The average molecular weight is 366 g/mol. The monoisotopic (exact) mass is 366 g/mol. The first-order valence-corrected chi connectivity index (χ1v) is 9.14. The molecule has 0 fully saturated rings. The second-order valence-corrected chi connectivity index (χ2v) is 6.99. The van der Waals surface area contributed by atoms with Crippen molar-refractivity contribution in [3.63, 3.8) is 0 Å². The maximum Gasteiger partial charge on any atom is 0.226 e. The molecule has 1 aliphatic rings. The molecule has 3 aromatic rings. The number of carbonyl (C=O) groups excluding carboxylic acids is 1. The van der Waals surface area contributed by atoms with Crippen LogP contribution < -0.4 is 14.8 Å². The van der Waals surface area contributed by atoms with Crippen molar-refractivity contribution in [1.82, 2.24) is 10.5 Å². The first-order chi connectivity index (χ1) is 13.1. The minimum absolute atomic E-state index is 0.0948. The van der Waals surface area contributed by atoms with Crippen molar-refractivity contribution in [2.24, 2.45) is 5.92 Å². The molecule has 0 bridgehead atoms. The number of rotatable bonds is 5. The summed E-state index contributed by atoms with van der Waals surface area (Å²) < 4.78 is 16.5. The minimum atomic E-state index is -0.133. The summed E-state index contributed by atoms with van der Waals surface area (Å²) in [5.74, 6) is 1.59. The van der Waals surface area contributed by atoms with Crippen LogP contribution in [0.3, 0.4) is 0 Å². The number of benzene rings is 2. The van der Waals surface area contributed by atoms with E-state index in [1.807, 2.05) is 42.5 Å². The van der Waals surface area contributed by atoms with Crippen LogP contribution in [-0.2, 0) is 11.2 Å². The maximum absolute atomic E-state index is 12.7. The van der Waals surface area contributed by atoms with E-state index in [-0.39, 0.29) is 24.3 Å². The molecule has 2 heterocycles. The topological polar surface area (TPSA) is 73.6 Å². The van der Waals surface area contributed by atoms with E-state index in [4.69, 9.17) is 14.0 Å². The van der Waals surface area contributed by atoms with E-state index in [0.29, 0.717) is 24.5 Å². The van der Waals surface area contributed by atoms with Gasteiger partial charge in [0.15, 0.2) is 17.1 Å². The number of fused-ring (bicyclic) bond motifs is 2. The summed E-state index contributed by atoms with van der Waals surface area (Å²) in [6, 6.07) is 13.2. The van der Waals surface area contributed by atoms with Gasteiger partial charge in [0.05, 0.1) is 12.5 Å². The number of nitrogens with one attached hydrogen (secondary N) is 1. The van der Waals surface area contributed by atoms with Crippen molar-refractivity contribution in [3.05, 3.63) is 53.7 Å². The molecule has 0 unspecified atom stereocenters. The molecule has 0 aliphatic carbocycles. The normalized spacial score (nSPS) is 14.3. The summed E-state index contributed by atoms with van der Waals surface area (Å²) in [7, 11) is 0. The number of carbonyl (C=O) groups is 1. The summed E-state index contributed by atoms with van der Waals surface area (Å²) >= 11 is 0. The molecule has 1 aromatic heterocycles. The first-order valence-electron chi connectivity index (χ1n) is 9.14. The van der Waals surface area contributed by atoms with Gasteiger partial charge in [0.1, 0.15) is 18.9 Å². The highest BCUT2D eigenvalue weighted by atomic mass is 16.6. The molecular weight excluding hydrogens is 344 g/mol. The molecular formula is C21H22N2O4. The van der Waals surface area contributed by atoms with Gasteiger partial charge in [-0.15, -0.1) is 0 Å². The van der Waals surface area contributed by atoms with Crippen LogP contribution in [0.1, 0.15) is 31.1 Å². The number of nitrogens with zero attached hydrogens (tertiary/aromatic N) is 1. The molecule has 1 N–H and O–H groups in total. The zero-order valence-corrected chi connectivity index (χ0v) is 15.4. The molecule has 27 heavy (non-hydrogen) atoms. The van der Waals surface area contributed by atoms with Crippen LogP contribution in [0.4, 0.5) is 0 Å². The van der Waals surface area contributed by atoms with E-state index in [2.05, 4.69) is 24.3 Å². The van der Waals surface area contributed by atoms with Gasteiger partial charge < -0.3 is 19.3 Å². The van der Waals surface area contributed by atoms with Crippen molar-refractivity contribution < 1.29 is 18.8 Å². The lowest BCUT2D eigenvalue weighted by atomic mass is 9.95. The van der Waals surface area contributed by atoms with Gasteiger partial charge in [0.2, 0.25) is 5.91 Å². The fraction of sp³-hybridized carbons (Fsp3) is 0.333. The number of ether oxygens (including phenoxy) is 2. The van der Waals surface area contributed by atoms with Crippen LogP contribution >= 0.6 is 0 Å². The molecule has 0 saturated carbocycles. The Morgan fingerprint density at radius 3 is 2.70 bits per heavy atom. The highest BCUT2D eigenvalue weighted by Gasteiger charge is 2.22. The van der Waals surface area contributed by atoms with Gasteiger partial charge >= 0.3 is 0 Å². The molecule has 140 valence electrons. The molecule has 1 amide bonds. The molecule has 0 saturated heterocycles. The van der Waals surface area contributed by atoms with E-state index < -0.39 is 0 Å². The minimum Gasteiger partial charge on any atom is -0.486 e. The van der Waals surface area contributed by atoms with Gasteiger partial charge in [-0.25, -0.2) is 0 Å². The van der Waals surface area contributed by atoms with Crippen molar-refractivity contribution in [2.75, 3.05) is 13.2 Å². The summed E-state index contributed by atoms with van der Waals surface area (Å²) in [5, 5.41) is 8.04. The van der Waals surface area contributed by atoms with Crippen LogP contribution in [0.15, 0.2) is 47.0 Å². The molecule has 1 atom stereocenters. The highest BCUT2D eigenvalue weighted by Crippen LogP contribution is 2.34. The Bertz CT molecular complexity index is 964. The Hall–Kier alpha value is -3.02. The molecule has 0 spiro atoms. The van der Waals surface area contributed by atoms with Gasteiger partial charge in [-0.05, 0) is 35.7 Å². The predicted octanol–water partition coefficient (Wildman–Crippen LogP) is 3.66. The smallest absolute Gasteiger partial charge is 0.226 e. The van der Waals surface area contributed by atoms with Gasteiger partial charge in [0.25, 0.3) is 0 Å². The van der Waals surface area contributed by atoms with E-state index in [0.717, 1.165) is 22.4 Å². The Kier molecular flexibility index (Phi) is 4.71. The third kappa shape index (κ3) is 3.60. The number of amides is 1. The zero-order valence-electron chi connectivity index (χ0n) is 15.4. The molecule has 6 nitrogen and oxygen atoms in total. The maximum atomic E-state index is 12.7. The molecule has 4 rings (SSSR count). The van der Waals surface area contributed by atoms with E-state index in [9.17, 15) is 4.79 Å². The predicted molar refractivity (Wildman–Crippen MR) is 101 cm³/mol. The largest absolute Gasteiger partial charge is 0.486 e. The SMILES string of the molecule is CC(C)[C@@H](NC(=O)Cc1noc2ccccc12)c1ccc2c(c1)OCCO2. The van der Waals surface area contributed by atoms with Crippen LogP contribution in [-0.4, -0.2) is 24.3 Å². The van der Waals surface area contributed by atoms with Gasteiger partial charge in [-0.1, -0.05) is 37.2 Å². The van der Waals surface area contributed by atoms with E-state index in [1.165, 1.54) is 0 Å². The number of aromatic nitrogens is 1. The number of hydrogen-bond acceptors (Lipinski definition) is 5. The Balaban J connectivity index is 1.52. The van der Waals surface area contributed by atoms with E-state index in [1.54, 1.807) is 0 Å². The summed E-state index contributed by atoms with van der Waals surface area (Å²) in [5.41, 5.74) is 2.33. The number of para-hydroxylation sites is 1. The molecule has 6 heteroatoms. The molecule has 1 aliphatic heterocycles. The van der Waals surface area contributed by atoms with Crippen molar-refractivity contribution >= 4 is 16.9 Å². The third-order valence-corrected chi connectivity index (χ3v) is 4.69. The van der Waals surface area contributed by atoms with E-state index >= 15 is 0 Å². The quantitative estimate of drug-likeness (QED) is 0.746. The summed E-state index contributed by atoms with van der Waals surface area (Å²) in [6.07, 6.45) is 0.171. The van der Waals surface area contributed by atoms with Crippen molar-refractivity contribution in [2.45, 2.75) is 26.3 Å². The summed E-state index contributed by atoms with van der Waals surface area (Å²) in [4.78, 5) is 12.7. The van der Waals surface area contributed by atoms with Crippen LogP contribution in [0.5, 0.6) is 11.5 Å². The summed E-state index contributed by atoms with van der Waals surface area (Å²) in [6.45, 7) is 5.25. The fourth-order valence-corrected chi connectivity index (χ4v) is 3.33. The third-order valence-electron chi connectivity index (χ3n) is 4.69. The Labute approximate surface area is 157 Å². The second kappa shape index (κ2) is 7.31. The lowest BCUT2D eigenvalue weighted by Crippen LogP contribution is -2.33. The average Bonchev–Trinajstić information content (AvgIpc) is 3.08. The number of hydrogen-bond donors (Lipinski definition) is 1. The van der Waals surface area contributed by atoms with Gasteiger partial charge in [0, 0.05) is 5.39 Å². The van der Waals surface area contributed by atoms with Crippen LogP contribution in [0.25, 0.3) is 11.0 Å². The van der Waals surface area contributed by atoms with Crippen molar-refractivity contribution in [3.8, 4) is 11.5 Å².